The van der Waals surface area contributed by atoms with Crippen LogP contribution < -0.4 is 5.46 Å². The Hall–Kier alpha value is -5.43. The molecule has 3 fully saturated rings. The van der Waals surface area contributed by atoms with Crippen LogP contribution in [-0.4, -0.2) is 64.7 Å². The number of nitrogens with zero attached hydrogens (tertiary/aromatic N) is 2. The maximum atomic E-state index is 6.26. The summed E-state index contributed by atoms with van der Waals surface area (Å²) in [6.07, 6.45) is 0. The molecule has 5 heterocycles. The molecule has 366 valence electrons. The predicted octanol–water partition coefficient (Wildman–Crippen LogP) is 14.4. The summed E-state index contributed by atoms with van der Waals surface area (Å²) in [7, 11) is -1.34. The minimum atomic E-state index is -0.476. The molecule has 0 saturated carbocycles. The van der Waals surface area contributed by atoms with Gasteiger partial charge in [-0.2, -0.15) is 0 Å². The van der Waals surface area contributed by atoms with Crippen molar-refractivity contribution in [2.24, 2.45) is 0 Å². The van der Waals surface area contributed by atoms with E-state index >= 15 is 0 Å². The number of hydrogen-bond acceptors (Lipinski definition) is 8. The Morgan fingerprint density at radius 2 is 0.694 bits per heavy atom. The molecule has 0 radical (unpaired) electrons. The highest BCUT2D eigenvalue weighted by molar-refractivity contribution is 9.10. The number of halogens is 1. The fourth-order valence-electron chi connectivity index (χ4n) is 8.83. The van der Waals surface area contributed by atoms with Crippen molar-refractivity contribution in [2.75, 3.05) is 0 Å². The van der Waals surface area contributed by atoms with Crippen molar-refractivity contribution in [1.82, 2.24) is 9.97 Å². The Morgan fingerprint density at radius 3 is 1.11 bits per heavy atom. The summed E-state index contributed by atoms with van der Waals surface area (Å²) in [5.74, 6) is 0. The normalized spacial score (nSPS) is 18.9. The van der Waals surface area contributed by atoms with Gasteiger partial charge in [-0.15, -0.1) is 0 Å². The molecule has 0 atom stereocenters. The highest BCUT2D eigenvalue weighted by Crippen LogP contribution is 2.43. The molecule has 3 aliphatic rings. The van der Waals surface area contributed by atoms with Gasteiger partial charge in [0.1, 0.15) is 0 Å². The van der Waals surface area contributed by atoms with E-state index in [1.54, 1.807) is 0 Å². The second-order valence-corrected chi connectivity index (χ2v) is 22.8. The van der Waals surface area contributed by atoms with Crippen molar-refractivity contribution in [1.29, 1.82) is 0 Å². The van der Waals surface area contributed by atoms with Crippen LogP contribution in [0.3, 0.4) is 0 Å². The van der Waals surface area contributed by atoms with Gasteiger partial charge in [-0.25, -0.2) is 9.97 Å². The molecule has 0 amide bonds. The monoisotopic (exact) mass is 1020 g/mol. The Kier molecular flexibility index (Phi) is 14.1. The quantitative estimate of drug-likeness (QED) is 0.152. The molecule has 0 spiro atoms. The van der Waals surface area contributed by atoms with E-state index in [2.05, 4.69) is 177 Å². The van der Waals surface area contributed by atoms with Crippen LogP contribution in [0.25, 0.3) is 66.6 Å². The first kappa shape index (κ1) is 51.5. The van der Waals surface area contributed by atoms with E-state index in [4.69, 9.17) is 37.9 Å². The Bertz CT molecular complexity index is 3140. The maximum absolute atomic E-state index is 6.26. The van der Waals surface area contributed by atoms with E-state index in [1.165, 1.54) is 27.6 Å². The largest absolute Gasteiger partial charge is 0.494 e. The lowest BCUT2D eigenvalue weighted by atomic mass is 9.49. The second kappa shape index (κ2) is 19.8. The van der Waals surface area contributed by atoms with Gasteiger partial charge in [0.15, 0.2) is 0 Å². The molecule has 8 aromatic rings. The van der Waals surface area contributed by atoms with Crippen molar-refractivity contribution in [3.63, 3.8) is 0 Å². The fourth-order valence-corrected chi connectivity index (χ4v) is 9.23. The van der Waals surface area contributed by atoms with Crippen molar-refractivity contribution in [2.45, 2.75) is 117 Å². The molecule has 3 aliphatic heterocycles. The number of para-hydroxylation sites is 2. The first-order chi connectivity index (χ1) is 34.0. The minimum Gasteiger partial charge on any atom is -0.405 e. The summed E-state index contributed by atoms with van der Waals surface area (Å²) >= 11 is 3.54. The van der Waals surface area contributed by atoms with E-state index in [9.17, 15) is 0 Å². The van der Waals surface area contributed by atoms with Crippen molar-refractivity contribution in [3.8, 4) is 44.8 Å². The molecule has 0 aliphatic carbocycles. The fraction of sp³-hybridized carbons (Fsp3) is 0.300. The van der Waals surface area contributed by atoms with Crippen LogP contribution in [0.1, 0.15) is 83.1 Å². The van der Waals surface area contributed by atoms with E-state index < -0.39 is 14.0 Å². The lowest BCUT2D eigenvalue weighted by Gasteiger charge is -2.32. The summed E-state index contributed by atoms with van der Waals surface area (Å²) in [5.41, 5.74) is 9.73. The van der Waals surface area contributed by atoms with Crippen LogP contribution in [0.5, 0.6) is 0 Å². The zero-order valence-electron chi connectivity index (χ0n) is 43.6. The van der Waals surface area contributed by atoms with Gasteiger partial charge in [0.25, 0.3) is 0 Å². The molecule has 3 saturated heterocycles. The van der Waals surface area contributed by atoms with Gasteiger partial charge in [-0.3, -0.25) is 0 Å². The van der Waals surface area contributed by atoms with E-state index in [0.717, 1.165) is 48.9 Å². The number of fused-ring (bicyclic) bond motifs is 2. The summed E-state index contributed by atoms with van der Waals surface area (Å²) in [5, 5.41) is 2.33. The third-order valence-electron chi connectivity index (χ3n) is 15.2. The number of rotatable bonds is 6. The van der Waals surface area contributed by atoms with Gasteiger partial charge < -0.3 is 27.9 Å². The molecule has 8 nitrogen and oxygen atoms in total. The first-order valence-electron chi connectivity index (χ1n) is 24.9. The Morgan fingerprint density at radius 1 is 0.347 bits per heavy atom. The molecule has 11 rings (SSSR count). The molecule has 72 heavy (non-hydrogen) atoms. The Balaban J connectivity index is 0.000000139. The van der Waals surface area contributed by atoms with E-state index in [0.29, 0.717) is 0 Å². The highest BCUT2D eigenvalue weighted by atomic mass is 79.9. The smallest absolute Gasteiger partial charge is 0.405 e. The third kappa shape index (κ3) is 10.5. The third-order valence-corrected chi connectivity index (χ3v) is 15.7. The summed E-state index contributed by atoms with van der Waals surface area (Å²) in [6, 6.07) is 58.5. The lowest BCUT2D eigenvalue weighted by molar-refractivity contribution is 0.00578. The van der Waals surface area contributed by atoms with Gasteiger partial charge in [0.05, 0.1) is 56.0 Å². The van der Waals surface area contributed by atoms with Gasteiger partial charge in [0, 0.05) is 20.8 Å². The standard InChI is InChI=1S/C27H26BNO2.C21H14BrN.C12H24B2O4/c1-26(2)27(3,4)31-28(30-26)21-14-10-13-20(17-21)25-18-23(19-11-6-5-7-12-19)22-15-8-9-16-24(22)29-25;22-17-10-6-9-16(13-17)21-14-19(15-7-2-1-3-8-15)18-11-4-5-12-20(18)23-21;1-9(2)10(3,4)16-13(15-9)14-17-11(5,6)12(7,8)18-14/h5-18H,1-4H3;1-14H;1-8H3. The van der Waals surface area contributed by atoms with Crippen LogP contribution in [-0.2, 0) is 27.9 Å². The average molecular weight is 1020 g/mol. The molecule has 0 unspecified atom stereocenters. The highest BCUT2D eigenvalue weighted by Gasteiger charge is 2.63. The SMILES string of the molecule is Brc1cccc(-c2cc(-c3ccccc3)c3ccccc3n2)c1.CC1(C)OB(B2OC(C)(C)C(C)(C)O2)OC1(C)C.CC1(C)OB(c2cccc(-c3cc(-c4ccccc4)c4ccccc4n3)c2)OC1(C)C. The van der Waals surface area contributed by atoms with Gasteiger partial charge in [-0.1, -0.05) is 149 Å². The number of aromatic nitrogens is 2. The lowest BCUT2D eigenvalue weighted by Crippen LogP contribution is -2.41. The Labute approximate surface area is 435 Å². The molecule has 0 bridgehead atoms. The van der Waals surface area contributed by atoms with Crippen LogP contribution in [0.4, 0.5) is 0 Å². The topological polar surface area (TPSA) is 81.2 Å². The molecular formula is C60H64B3BrN2O6. The molecule has 6 aromatic carbocycles. The van der Waals surface area contributed by atoms with Crippen molar-refractivity contribution >= 4 is 64.3 Å². The van der Waals surface area contributed by atoms with Gasteiger partial charge in [-0.05, 0) is 153 Å². The minimum absolute atomic E-state index is 0.360. The molecule has 2 aromatic heterocycles. The van der Waals surface area contributed by atoms with Crippen LogP contribution >= 0.6 is 15.9 Å². The summed E-state index contributed by atoms with van der Waals surface area (Å²) in [6.45, 7) is 24.5. The summed E-state index contributed by atoms with van der Waals surface area (Å²) < 4.78 is 37.4. The zero-order chi connectivity index (χ0) is 51.3. The van der Waals surface area contributed by atoms with Gasteiger partial charge >= 0.3 is 21.1 Å². The van der Waals surface area contributed by atoms with Crippen molar-refractivity contribution < 1.29 is 27.9 Å². The average Bonchev–Trinajstić information content (AvgIpc) is 3.83. The van der Waals surface area contributed by atoms with Crippen LogP contribution in [0.15, 0.2) is 174 Å². The second-order valence-electron chi connectivity index (χ2n) is 21.8. The molecule has 12 heteroatoms. The van der Waals surface area contributed by atoms with Crippen LogP contribution in [0, 0.1) is 0 Å². The zero-order valence-corrected chi connectivity index (χ0v) is 45.2. The predicted molar refractivity (Wildman–Crippen MR) is 301 cm³/mol. The van der Waals surface area contributed by atoms with Crippen molar-refractivity contribution in [3.05, 3.63) is 174 Å². The summed E-state index contributed by atoms with van der Waals surface area (Å²) in [4.78, 5) is 9.83. The molecule has 0 N–H and O–H groups in total. The van der Waals surface area contributed by atoms with E-state index in [-0.39, 0.29) is 40.7 Å². The number of pyridine rings is 2. The van der Waals surface area contributed by atoms with Crippen LogP contribution in [0.2, 0.25) is 0 Å². The van der Waals surface area contributed by atoms with E-state index in [1.807, 2.05) is 91.8 Å². The maximum Gasteiger partial charge on any atom is 0.494 e. The first-order valence-corrected chi connectivity index (χ1v) is 25.7. The number of hydrogen-bond donors (Lipinski definition) is 0. The number of benzene rings is 6. The van der Waals surface area contributed by atoms with Gasteiger partial charge in [0.2, 0.25) is 0 Å². The molecular weight excluding hydrogens is 957 g/mol.